The molecule has 0 aliphatic carbocycles. The molecule has 0 aromatic carbocycles. The summed E-state index contributed by atoms with van der Waals surface area (Å²) in [7, 11) is 1.20. The number of aliphatic hydroxyl groups is 1. The first-order valence-corrected chi connectivity index (χ1v) is 5.92. The molecule has 0 aromatic heterocycles. The lowest BCUT2D eigenvalue weighted by Gasteiger charge is -2.12. The first-order valence-electron chi connectivity index (χ1n) is 4.76. The molecule has 1 aliphatic rings. The number of thioether (sulfide) groups is 1. The largest absolute Gasteiger partial charge is 0.467 e. The first-order chi connectivity index (χ1) is 7.15. The van der Waals surface area contributed by atoms with Crippen LogP contribution in [-0.2, 0) is 14.3 Å². The molecule has 2 atom stereocenters. The lowest BCUT2D eigenvalue weighted by molar-refractivity contribution is -0.150. The van der Waals surface area contributed by atoms with Crippen molar-refractivity contribution in [2.75, 3.05) is 25.2 Å². The molecule has 1 aliphatic heterocycles. The van der Waals surface area contributed by atoms with Gasteiger partial charge in [0, 0.05) is 11.7 Å². The number of carbonyl (C=O) groups is 2. The van der Waals surface area contributed by atoms with Gasteiger partial charge in [-0.2, -0.15) is 11.8 Å². The number of rotatable bonds is 4. The molecule has 2 unspecified atom stereocenters. The van der Waals surface area contributed by atoms with E-state index in [1.807, 2.05) is 0 Å². The van der Waals surface area contributed by atoms with Crippen LogP contribution in [0.4, 0.5) is 0 Å². The summed E-state index contributed by atoms with van der Waals surface area (Å²) >= 11 is 1.74. The number of hydrogen-bond acceptors (Lipinski definition) is 5. The first kappa shape index (κ1) is 12.3. The van der Waals surface area contributed by atoms with Crippen LogP contribution >= 0.6 is 11.8 Å². The van der Waals surface area contributed by atoms with Crippen molar-refractivity contribution in [3.8, 4) is 0 Å². The monoisotopic (exact) mass is 233 g/mol. The van der Waals surface area contributed by atoms with Crippen LogP contribution in [0, 0.1) is 5.92 Å². The quantitative estimate of drug-likeness (QED) is 0.634. The van der Waals surface area contributed by atoms with Crippen LogP contribution in [0.15, 0.2) is 0 Å². The molecule has 1 rings (SSSR count). The Morgan fingerprint density at radius 1 is 1.67 bits per heavy atom. The van der Waals surface area contributed by atoms with Gasteiger partial charge in [0.15, 0.2) is 6.10 Å². The SMILES string of the molecule is COC(=O)C(O)CNC(=O)C1CCSC1. The van der Waals surface area contributed by atoms with E-state index in [2.05, 4.69) is 10.1 Å². The van der Waals surface area contributed by atoms with E-state index in [4.69, 9.17) is 0 Å². The summed E-state index contributed by atoms with van der Waals surface area (Å²) in [5.74, 6) is 1.01. The van der Waals surface area contributed by atoms with Gasteiger partial charge in [0.2, 0.25) is 5.91 Å². The molecule has 6 heteroatoms. The Balaban J connectivity index is 2.24. The molecule has 1 saturated heterocycles. The summed E-state index contributed by atoms with van der Waals surface area (Å²) in [5, 5.41) is 11.8. The van der Waals surface area contributed by atoms with Crippen molar-refractivity contribution in [1.29, 1.82) is 0 Å². The summed E-state index contributed by atoms with van der Waals surface area (Å²) in [5.41, 5.74) is 0. The Kier molecular flexibility index (Phi) is 4.90. The van der Waals surface area contributed by atoms with E-state index >= 15 is 0 Å². The second kappa shape index (κ2) is 5.97. The van der Waals surface area contributed by atoms with Crippen molar-refractivity contribution < 1.29 is 19.4 Å². The number of esters is 1. The van der Waals surface area contributed by atoms with Gasteiger partial charge in [-0.05, 0) is 12.2 Å². The zero-order chi connectivity index (χ0) is 11.3. The number of aliphatic hydroxyl groups excluding tert-OH is 1. The van der Waals surface area contributed by atoms with Gasteiger partial charge in [-0.3, -0.25) is 4.79 Å². The second-order valence-corrected chi connectivity index (χ2v) is 4.49. The molecule has 86 valence electrons. The van der Waals surface area contributed by atoms with Crippen molar-refractivity contribution >= 4 is 23.6 Å². The number of nitrogens with one attached hydrogen (secondary N) is 1. The maximum Gasteiger partial charge on any atom is 0.336 e. The number of carbonyl (C=O) groups excluding carboxylic acids is 2. The average Bonchev–Trinajstić information content (AvgIpc) is 2.77. The Bertz CT molecular complexity index is 240. The highest BCUT2D eigenvalue weighted by atomic mass is 32.2. The predicted molar refractivity (Wildman–Crippen MR) is 56.5 cm³/mol. The van der Waals surface area contributed by atoms with Crippen molar-refractivity contribution in [3.05, 3.63) is 0 Å². The maximum absolute atomic E-state index is 11.5. The molecule has 0 spiro atoms. The third kappa shape index (κ3) is 3.71. The van der Waals surface area contributed by atoms with Gasteiger partial charge in [0.1, 0.15) is 0 Å². The zero-order valence-corrected chi connectivity index (χ0v) is 9.38. The summed E-state index contributed by atoms with van der Waals surface area (Å²) in [6.45, 7) is -0.0767. The molecule has 1 heterocycles. The molecule has 0 aromatic rings. The van der Waals surface area contributed by atoms with Gasteiger partial charge >= 0.3 is 5.97 Å². The Labute approximate surface area is 92.6 Å². The second-order valence-electron chi connectivity index (χ2n) is 3.34. The minimum Gasteiger partial charge on any atom is -0.467 e. The molecule has 1 fully saturated rings. The number of amides is 1. The fourth-order valence-corrected chi connectivity index (χ4v) is 2.52. The maximum atomic E-state index is 11.5. The predicted octanol–water partition coefficient (Wildman–Crippen LogP) is -0.610. The number of methoxy groups -OCH3 is 1. The Morgan fingerprint density at radius 3 is 2.93 bits per heavy atom. The number of hydrogen-bond donors (Lipinski definition) is 2. The van der Waals surface area contributed by atoms with E-state index in [1.54, 1.807) is 11.8 Å². The van der Waals surface area contributed by atoms with Gasteiger partial charge in [-0.15, -0.1) is 0 Å². The number of ether oxygens (including phenoxy) is 1. The average molecular weight is 233 g/mol. The van der Waals surface area contributed by atoms with E-state index in [0.29, 0.717) is 0 Å². The normalized spacial score (nSPS) is 22.1. The van der Waals surface area contributed by atoms with E-state index in [9.17, 15) is 14.7 Å². The van der Waals surface area contributed by atoms with Crippen LogP contribution in [0.25, 0.3) is 0 Å². The fraction of sp³-hybridized carbons (Fsp3) is 0.778. The van der Waals surface area contributed by atoms with E-state index < -0.39 is 12.1 Å². The molecule has 0 saturated carbocycles. The smallest absolute Gasteiger partial charge is 0.336 e. The lowest BCUT2D eigenvalue weighted by atomic mass is 10.1. The van der Waals surface area contributed by atoms with Gasteiger partial charge < -0.3 is 15.2 Å². The summed E-state index contributed by atoms with van der Waals surface area (Å²) < 4.78 is 4.33. The highest BCUT2D eigenvalue weighted by Gasteiger charge is 2.24. The molecule has 0 bridgehead atoms. The summed E-state index contributed by atoms with van der Waals surface area (Å²) in [6.07, 6.45) is -0.404. The standard InChI is InChI=1S/C9H15NO4S/c1-14-9(13)7(11)4-10-8(12)6-2-3-15-5-6/h6-7,11H,2-5H2,1H3,(H,10,12). The van der Waals surface area contributed by atoms with Crippen LogP contribution in [0.5, 0.6) is 0 Å². The third-order valence-corrected chi connectivity index (χ3v) is 3.41. The van der Waals surface area contributed by atoms with Gasteiger partial charge in [0.05, 0.1) is 13.7 Å². The topological polar surface area (TPSA) is 75.6 Å². The van der Waals surface area contributed by atoms with Crippen LogP contribution in [0.3, 0.4) is 0 Å². The van der Waals surface area contributed by atoms with Crippen molar-refractivity contribution in [2.24, 2.45) is 5.92 Å². The molecule has 1 amide bonds. The Hall–Kier alpha value is -0.750. The molecule has 5 nitrogen and oxygen atoms in total. The van der Waals surface area contributed by atoms with Crippen LogP contribution in [0.1, 0.15) is 6.42 Å². The van der Waals surface area contributed by atoms with Gasteiger partial charge in [-0.25, -0.2) is 4.79 Å². The van der Waals surface area contributed by atoms with E-state index in [1.165, 1.54) is 7.11 Å². The van der Waals surface area contributed by atoms with Crippen LogP contribution < -0.4 is 5.32 Å². The fourth-order valence-electron chi connectivity index (χ4n) is 1.30. The van der Waals surface area contributed by atoms with E-state index in [0.717, 1.165) is 17.9 Å². The molecule has 0 radical (unpaired) electrons. The highest BCUT2D eigenvalue weighted by molar-refractivity contribution is 7.99. The summed E-state index contributed by atoms with van der Waals surface area (Å²) in [4.78, 5) is 22.3. The zero-order valence-electron chi connectivity index (χ0n) is 8.56. The van der Waals surface area contributed by atoms with Gasteiger partial charge in [-0.1, -0.05) is 0 Å². The molecule has 2 N–H and O–H groups in total. The Morgan fingerprint density at radius 2 is 2.40 bits per heavy atom. The summed E-state index contributed by atoms with van der Waals surface area (Å²) in [6, 6.07) is 0. The highest BCUT2D eigenvalue weighted by Crippen LogP contribution is 2.23. The lowest BCUT2D eigenvalue weighted by Crippen LogP contribution is -2.40. The third-order valence-electron chi connectivity index (χ3n) is 2.24. The molecular weight excluding hydrogens is 218 g/mol. The molecular formula is C9H15NO4S. The van der Waals surface area contributed by atoms with Crippen molar-refractivity contribution in [1.82, 2.24) is 5.32 Å². The minimum atomic E-state index is -1.27. The van der Waals surface area contributed by atoms with Crippen molar-refractivity contribution in [2.45, 2.75) is 12.5 Å². The van der Waals surface area contributed by atoms with Crippen LogP contribution in [-0.4, -0.2) is 48.2 Å². The van der Waals surface area contributed by atoms with E-state index in [-0.39, 0.29) is 18.4 Å². The van der Waals surface area contributed by atoms with Gasteiger partial charge in [0.25, 0.3) is 0 Å². The van der Waals surface area contributed by atoms with Crippen molar-refractivity contribution in [3.63, 3.8) is 0 Å². The minimum absolute atomic E-state index is 0.0137. The van der Waals surface area contributed by atoms with Crippen LogP contribution in [0.2, 0.25) is 0 Å². The molecule has 15 heavy (non-hydrogen) atoms.